The predicted molar refractivity (Wildman–Crippen MR) is 140 cm³/mol. The van der Waals surface area contributed by atoms with E-state index in [0.717, 1.165) is 71.6 Å². The maximum atomic E-state index is 5.77. The second-order valence-electron chi connectivity index (χ2n) is 8.70. The van der Waals surface area contributed by atoms with E-state index in [1.807, 2.05) is 11.3 Å². The Labute approximate surface area is 209 Å². The summed E-state index contributed by atoms with van der Waals surface area (Å²) in [5.41, 5.74) is 0.0128. The predicted octanol–water partition coefficient (Wildman–Crippen LogP) is 2.79. The molecule has 3 heterocycles. The van der Waals surface area contributed by atoms with Gasteiger partial charge in [0.05, 0.1) is 38.5 Å². The molecule has 0 bridgehead atoms. The Bertz CT molecular complexity index is 652. The Morgan fingerprint density at radius 1 is 1.26 bits per heavy atom. The van der Waals surface area contributed by atoms with Crippen LogP contribution in [0.2, 0.25) is 0 Å². The summed E-state index contributed by atoms with van der Waals surface area (Å²) in [5.74, 6) is 0.890. The van der Waals surface area contributed by atoms with Gasteiger partial charge in [-0.3, -0.25) is 14.8 Å². The average Bonchev–Trinajstić information content (AvgIpc) is 3.27. The molecule has 178 valence electrons. The summed E-state index contributed by atoms with van der Waals surface area (Å²) in [6.07, 6.45) is 0.275. The lowest BCUT2D eigenvalue weighted by atomic mass is 10.0. The minimum Gasteiger partial charge on any atom is -0.379 e. The van der Waals surface area contributed by atoms with E-state index in [-0.39, 0.29) is 35.6 Å². The Kier molecular flexibility index (Phi) is 11.5. The minimum atomic E-state index is 0. The molecular formula is C22H40IN5O2S. The molecule has 1 aromatic rings. The molecule has 31 heavy (non-hydrogen) atoms. The van der Waals surface area contributed by atoms with Crippen molar-refractivity contribution in [1.29, 1.82) is 0 Å². The maximum Gasteiger partial charge on any atom is 0.191 e. The fraction of sp³-hybridized carbons (Fsp3) is 0.773. The number of ether oxygens (including phenoxy) is 2. The molecule has 1 aromatic heterocycles. The lowest BCUT2D eigenvalue weighted by Crippen LogP contribution is -2.52. The molecule has 0 spiro atoms. The van der Waals surface area contributed by atoms with Crippen molar-refractivity contribution in [2.45, 2.75) is 45.4 Å². The molecule has 0 radical (unpaired) electrons. The molecule has 2 fully saturated rings. The number of hydrogen-bond donors (Lipinski definition) is 2. The van der Waals surface area contributed by atoms with E-state index in [9.17, 15) is 0 Å². The quantitative estimate of drug-likeness (QED) is 0.287. The van der Waals surface area contributed by atoms with E-state index in [2.05, 4.69) is 65.6 Å². The van der Waals surface area contributed by atoms with Gasteiger partial charge >= 0.3 is 0 Å². The van der Waals surface area contributed by atoms with Crippen molar-refractivity contribution in [3.63, 3.8) is 0 Å². The standard InChI is InChI=1S/C22H39N5O2S.HI/c1-5-23-21(25-17-22(3,4)27-9-11-28-12-10-27)24-15-19(20-7-6-14-30-20)26-8-13-29-18(2)16-26;/h6-7,14,18-19H,5,8-13,15-17H2,1-4H3,(H2,23,24,25);1H. The van der Waals surface area contributed by atoms with Crippen molar-refractivity contribution < 1.29 is 9.47 Å². The van der Waals surface area contributed by atoms with Crippen LogP contribution in [0.3, 0.4) is 0 Å². The first-order valence-electron chi connectivity index (χ1n) is 11.2. The van der Waals surface area contributed by atoms with Gasteiger partial charge in [0, 0.05) is 49.7 Å². The van der Waals surface area contributed by atoms with Crippen molar-refractivity contribution in [3.05, 3.63) is 22.4 Å². The highest BCUT2D eigenvalue weighted by Gasteiger charge is 2.29. The lowest BCUT2D eigenvalue weighted by molar-refractivity contribution is -0.0334. The van der Waals surface area contributed by atoms with Gasteiger partial charge in [-0.25, -0.2) is 0 Å². The molecule has 0 aliphatic carbocycles. The minimum absolute atomic E-state index is 0. The second-order valence-corrected chi connectivity index (χ2v) is 9.67. The van der Waals surface area contributed by atoms with Crippen molar-refractivity contribution in [2.75, 3.05) is 65.6 Å². The fourth-order valence-corrected chi connectivity index (χ4v) is 4.96. The van der Waals surface area contributed by atoms with Gasteiger partial charge in [0.25, 0.3) is 0 Å². The molecule has 2 saturated heterocycles. The van der Waals surface area contributed by atoms with Crippen molar-refractivity contribution in [1.82, 2.24) is 20.4 Å². The number of nitrogens with zero attached hydrogens (tertiary/aromatic N) is 3. The number of thiophene rings is 1. The number of nitrogens with one attached hydrogen (secondary N) is 2. The van der Waals surface area contributed by atoms with Crippen LogP contribution in [-0.4, -0.2) is 93.0 Å². The van der Waals surface area contributed by atoms with Gasteiger partial charge in [-0.05, 0) is 39.1 Å². The Hall–Kier alpha value is -0.460. The summed E-state index contributed by atoms with van der Waals surface area (Å²) in [4.78, 5) is 11.4. The van der Waals surface area contributed by atoms with E-state index in [1.54, 1.807) is 0 Å². The van der Waals surface area contributed by atoms with E-state index in [4.69, 9.17) is 14.5 Å². The number of halogens is 1. The summed E-state index contributed by atoms with van der Waals surface area (Å²) in [6.45, 7) is 17.5. The molecule has 2 aliphatic rings. The van der Waals surface area contributed by atoms with Crippen LogP contribution in [0.15, 0.2) is 22.5 Å². The van der Waals surface area contributed by atoms with Gasteiger partial charge in [-0.15, -0.1) is 35.3 Å². The highest BCUT2D eigenvalue weighted by atomic mass is 127. The first-order chi connectivity index (χ1) is 14.5. The van der Waals surface area contributed by atoms with Gasteiger partial charge in [0.2, 0.25) is 0 Å². The lowest BCUT2D eigenvalue weighted by Gasteiger charge is -2.40. The third-order valence-corrected chi connectivity index (χ3v) is 6.86. The van der Waals surface area contributed by atoms with Gasteiger partial charge in [-0.2, -0.15) is 0 Å². The van der Waals surface area contributed by atoms with E-state index >= 15 is 0 Å². The van der Waals surface area contributed by atoms with Crippen molar-refractivity contribution in [3.8, 4) is 0 Å². The first kappa shape index (κ1) is 26.8. The highest BCUT2D eigenvalue weighted by molar-refractivity contribution is 14.0. The van der Waals surface area contributed by atoms with E-state index in [0.29, 0.717) is 6.04 Å². The molecule has 2 atom stereocenters. The maximum absolute atomic E-state index is 5.77. The fourth-order valence-electron chi connectivity index (χ4n) is 4.10. The van der Waals surface area contributed by atoms with Crippen LogP contribution in [0.1, 0.15) is 38.6 Å². The zero-order valence-electron chi connectivity index (χ0n) is 19.4. The van der Waals surface area contributed by atoms with Gasteiger partial charge in [0.15, 0.2) is 5.96 Å². The molecule has 0 saturated carbocycles. The van der Waals surface area contributed by atoms with Crippen molar-refractivity contribution in [2.24, 2.45) is 4.99 Å². The molecule has 2 N–H and O–H groups in total. The molecule has 0 amide bonds. The summed E-state index contributed by atoms with van der Waals surface area (Å²) >= 11 is 1.83. The van der Waals surface area contributed by atoms with Crippen LogP contribution in [0.5, 0.6) is 0 Å². The van der Waals surface area contributed by atoms with Crippen LogP contribution in [0.4, 0.5) is 0 Å². The van der Waals surface area contributed by atoms with Gasteiger partial charge in [0.1, 0.15) is 0 Å². The summed E-state index contributed by atoms with van der Waals surface area (Å²) < 4.78 is 11.3. The summed E-state index contributed by atoms with van der Waals surface area (Å²) in [6, 6.07) is 4.71. The zero-order chi connectivity index (χ0) is 21.4. The molecular weight excluding hydrogens is 525 g/mol. The first-order valence-corrected chi connectivity index (χ1v) is 12.1. The largest absolute Gasteiger partial charge is 0.379 e. The number of aliphatic imine (C=N–C) groups is 1. The number of morpholine rings is 2. The number of guanidine groups is 1. The van der Waals surface area contributed by atoms with Crippen LogP contribution >= 0.6 is 35.3 Å². The van der Waals surface area contributed by atoms with Crippen LogP contribution in [0.25, 0.3) is 0 Å². The van der Waals surface area contributed by atoms with E-state index < -0.39 is 0 Å². The van der Waals surface area contributed by atoms with Gasteiger partial charge in [-0.1, -0.05) is 6.07 Å². The Morgan fingerprint density at radius 2 is 2.03 bits per heavy atom. The van der Waals surface area contributed by atoms with Gasteiger partial charge < -0.3 is 20.1 Å². The second kappa shape index (κ2) is 13.3. The molecule has 7 nitrogen and oxygen atoms in total. The topological polar surface area (TPSA) is 61.4 Å². The number of hydrogen-bond acceptors (Lipinski definition) is 6. The summed E-state index contributed by atoms with van der Waals surface area (Å²) in [7, 11) is 0. The molecule has 2 aliphatic heterocycles. The van der Waals surface area contributed by atoms with Crippen LogP contribution in [0, 0.1) is 0 Å². The summed E-state index contributed by atoms with van der Waals surface area (Å²) in [5, 5.41) is 9.21. The van der Waals surface area contributed by atoms with Crippen molar-refractivity contribution >= 4 is 41.3 Å². The highest BCUT2D eigenvalue weighted by Crippen LogP contribution is 2.26. The van der Waals surface area contributed by atoms with Crippen LogP contribution < -0.4 is 10.6 Å². The normalized spacial score (nSPS) is 22.6. The Balaban J connectivity index is 0.00000341. The number of rotatable bonds is 8. The Morgan fingerprint density at radius 3 is 2.68 bits per heavy atom. The molecule has 9 heteroatoms. The zero-order valence-corrected chi connectivity index (χ0v) is 22.6. The molecule has 3 rings (SSSR count). The third kappa shape index (κ3) is 8.12. The smallest absolute Gasteiger partial charge is 0.191 e. The average molecular weight is 566 g/mol. The van der Waals surface area contributed by atoms with E-state index in [1.165, 1.54) is 4.88 Å². The molecule has 0 aromatic carbocycles. The monoisotopic (exact) mass is 565 g/mol. The SMILES string of the molecule is CCNC(=NCC(C)(C)N1CCOCC1)NCC(c1cccs1)N1CCOC(C)C1.I. The van der Waals surface area contributed by atoms with Crippen LogP contribution in [-0.2, 0) is 9.47 Å². The third-order valence-electron chi connectivity index (χ3n) is 5.88. The molecule has 2 unspecified atom stereocenters.